The Morgan fingerprint density at radius 1 is 0.765 bits per heavy atom. The van der Waals surface area contributed by atoms with Gasteiger partial charge in [0.25, 0.3) is 0 Å². The minimum Gasteiger partial charge on any atom is -0.309 e. The molecule has 0 aliphatic carbocycles. The number of hydrogen-bond acceptors (Lipinski definition) is 1. The topological polar surface area (TPSA) is 12.0 Å². The van der Waals surface area contributed by atoms with Crippen LogP contribution in [-0.4, -0.2) is 6.54 Å². The average Bonchev–Trinajstić information content (AvgIpc) is 2.90. The van der Waals surface area contributed by atoms with Gasteiger partial charge in [0.1, 0.15) is 0 Å². The fraction of sp³-hybridized carbons (Fsp3) is 0.250. The van der Waals surface area contributed by atoms with E-state index in [4.69, 9.17) is 0 Å². The van der Waals surface area contributed by atoms with E-state index >= 15 is 0 Å². The van der Waals surface area contributed by atoms with Gasteiger partial charge in [-0.1, -0.05) is 60.7 Å². The van der Waals surface area contributed by atoms with E-state index in [1.807, 2.05) is 0 Å². The van der Waals surface area contributed by atoms with Crippen molar-refractivity contribution in [1.29, 1.82) is 0 Å². The summed E-state index contributed by atoms with van der Waals surface area (Å²) in [5.41, 5.74) is 2.85. The van der Waals surface area contributed by atoms with E-state index in [1.54, 1.807) is 0 Å². The molecule has 17 heavy (non-hydrogen) atoms. The van der Waals surface area contributed by atoms with Crippen molar-refractivity contribution in [2.75, 3.05) is 6.54 Å². The molecule has 1 nitrogen and oxygen atoms in total. The zero-order valence-corrected chi connectivity index (χ0v) is 9.84. The van der Waals surface area contributed by atoms with Crippen molar-refractivity contribution in [3.8, 4) is 0 Å². The highest BCUT2D eigenvalue weighted by molar-refractivity contribution is 5.29. The second-order valence-corrected chi connectivity index (χ2v) is 4.65. The van der Waals surface area contributed by atoms with E-state index < -0.39 is 0 Å². The second-order valence-electron chi connectivity index (χ2n) is 4.65. The molecule has 1 aliphatic heterocycles. The summed E-state index contributed by atoms with van der Waals surface area (Å²) in [5.74, 6) is 0.610. The van der Waals surface area contributed by atoms with Gasteiger partial charge in [-0.25, -0.2) is 0 Å². The molecule has 0 amide bonds. The lowest BCUT2D eigenvalue weighted by molar-refractivity contribution is 0.578. The third kappa shape index (κ3) is 2.11. The van der Waals surface area contributed by atoms with Crippen LogP contribution in [0.2, 0.25) is 0 Å². The van der Waals surface area contributed by atoms with Crippen molar-refractivity contribution in [3.63, 3.8) is 0 Å². The van der Waals surface area contributed by atoms with Gasteiger partial charge in [0.05, 0.1) is 0 Å². The average molecular weight is 223 g/mol. The highest BCUT2D eigenvalue weighted by Gasteiger charge is 2.28. The van der Waals surface area contributed by atoms with Crippen molar-refractivity contribution >= 4 is 0 Å². The van der Waals surface area contributed by atoms with Crippen LogP contribution in [0.4, 0.5) is 0 Å². The van der Waals surface area contributed by atoms with Gasteiger partial charge in [0.15, 0.2) is 0 Å². The van der Waals surface area contributed by atoms with Gasteiger partial charge in [-0.3, -0.25) is 0 Å². The van der Waals surface area contributed by atoms with Crippen LogP contribution in [0, 0.1) is 0 Å². The molecule has 1 fully saturated rings. The maximum absolute atomic E-state index is 3.62. The Labute approximate surface area is 102 Å². The minimum absolute atomic E-state index is 0.471. The Morgan fingerprint density at radius 2 is 1.35 bits per heavy atom. The summed E-state index contributed by atoms with van der Waals surface area (Å²) in [6.07, 6.45) is 1.23. The molecule has 0 aromatic heterocycles. The molecule has 2 atom stereocenters. The van der Waals surface area contributed by atoms with Crippen LogP contribution in [0.1, 0.15) is 29.5 Å². The summed E-state index contributed by atoms with van der Waals surface area (Å²) in [6.45, 7) is 1.11. The molecule has 86 valence electrons. The van der Waals surface area contributed by atoms with Crippen molar-refractivity contribution in [2.24, 2.45) is 0 Å². The van der Waals surface area contributed by atoms with Crippen molar-refractivity contribution in [3.05, 3.63) is 71.8 Å². The summed E-state index contributed by atoms with van der Waals surface area (Å²) < 4.78 is 0. The molecule has 1 heteroatoms. The smallest absolute Gasteiger partial charge is 0.0390 e. The zero-order valence-electron chi connectivity index (χ0n) is 9.84. The van der Waals surface area contributed by atoms with Gasteiger partial charge in [0, 0.05) is 12.0 Å². The first-order chi connectivity index (χ1) is 8.45. The number of rotatable bonds is 2. The summed E-state index contributed by atoms with van der Waals surface area (Å²) in [6, 6.07) is 22.1. The highest BCUT2D eigenvalue weighted by atomic mass is 15.0. The predicted molar refractivity (Wildman–Crippen MR) is 71.0 cm³/mol. The summed E-state index contributed by atoms with van der Waals surface area (Å²) >= 11 is 0. The first kappa shape index (κ1) is 10.5. The number of benzene rings is 2. The molecule has 2 aromatic rings. The highest BCUT2D eigenvalue weighted by Crippen LogP contribution is 2.37. The summed E-state index contributed by atoms with van der Waals surface area (Å²) in [7, 11) is 0. The van der Waals surface area contributed by atoms with Gasteiger partial charge >= 0.3 is 0 Å². The minimum atomic E-state index is 0.471. The number of nitrogens with one attached hydrogen (secondary N) is 1. The first-order valence-corrected chi connectivity index (χ1v) is 6.28. The molecule has 2 aromatic carbocycles. The third-order valence-corrected chi connectivity index (χ3v) is 3.61. The van der Waals surface area contributed by atoms with E-state index in [1.165, 1.54) is 17.5 Å². The van der Waals surface area contributed by atoms with E-state index in [2.05, 4.69) is 66.0 Å². The maximum atomic E-state index is 3.62. The number of hydrogen-bond donors (Lipinski definition) is 1. The second kappa shape index (κ2) is 4.72. The molecule has 0 saturated carbocycles. The lowest BCUT2D eigenvalue weighted by Gasteiger charge is -2.20. The van der Waals surface area contributed by atoms with Crippen molar-refractivity contribution in [1.82, 2.24) is 5.32 Å². The fourth-order valence-electron chi connectivity index (χ4n) is 2.77. The van der Waals surface area contributed by atoms with E-state index in [9.17, 15) is 0 Å². The molecule has 0 spiro atoms. The monoisotopic (exact) mass is 223 g/mol. The zero-order chi connectivity index (χ0) is 11.5. The van der Waals surface area contributed by atoms with Crippen LogP contribution in [0.3, 0.4) is 0 Å². The molecule has 1 N–H and O–H groups in total. The van der Waals surface area contributed by atoms with Crippen LogP contribution in [0.25, 0.3) is 0 Å². The standard InChI is InChI=1S/C16H17N/c1-3-7-13(8-4-1)15-11-12-17-16(15)14-9-5-2-6-10-14/h1-10,15-17H,11-12H2. The molecule has 3 rings (SSSR count). The van der Waals surface area contributed by atoms with Crippen LogP contribution >= 0.6 is 0 Å². The molecule has 2 unspecified atom stereocenters. The van der Waals surface area contributed by atoms with Gasteiger partial charge in [0.2, 0.25) is 0 Å². The predicted octanol–water partition coefficient (Wildman–Crippen LogP) is 3.50. The molecule has 0 bridgehead atoms. The largest absolute Gasteiger partial charge is 0.309 e. The third-order valence-electron chi connectivity index (χ3n) is 3.61. The van der Waals surface area contributed by atoms with Crippen molar-refractivity contribution in [2.45, 2.75) is 18.4 Å². The first-order valence-electron chi connectivity index (χ1n) is 6.28. The van der Waals surface area contributed by atoms with Crippen molar-refractivity contribution < 1.29 is 0 Å². The van der Waals surface area contributed by atoms with Crippen LogP contribution in [0.5, 0.6) is 0 Å². The Bertz CT molecular complexity index is 418. The molecule has 1 aliphatic rings. The van der Waals surface area contributed by atoms with E-state index in [0.29, 0.717) is 12.0 Å². The maximum Gasteiger partial charge on any atom is 0.0390 e. The Balaban J connectivity index is 1.91. The summed E-state index contributed by atoms with van der Waals surface area (Å²) in [5, 5.41) is 3.62. The summed E-state index contributed by atoms with van der Waals surface area (Å²) in [4.78, 5) is 0. The van der Waals surface area contributed by atoms with Gasteiger partial charge in [-0.15, -0.1) is 0 Å². The van der Waals surface area contributed by atoms with E-state index in [0.717, 1.165) is 6.54 Å². The molecular weight excluding hydrogens is 206 g/mol. The van der Waals surface area contributed by atoms with Crippen LogP contribution in [-0.2, 0) is 0 Å². The Morgan fingerprint density at radius 3 is 2.00 bits per heavy atom. The van der Waals surface area contributed by atoms with Gasteiger partial charge in [-0.05, 0) is 24.1 Å². The van der Waals surface area contributed by atoms with Gasteiger partial charge in [-0.2, -0.15) is 0 Å². The molecular formula is C16H17N. The van der Waals surface area contributed by atoms with E-state index in [-0.39, 0.29) is 0 Å². The fourth-order valence-corrected chi connectivity index (χ4v) is 2.77. The van der Waals surface area contributed by atoms with Crippen LogP contribution in [0.15, 0.2) is 60.7 Å². The molecule has 1 saturated heterocycles. The quantitative estimate of drug-likeness (QED) is 0.821. The molecule has 0 radical (unpaired) electrons. The van der Waals surface area contributed by atoms with Crippen LogP contribution < -0.4 is 5.32 Å². The lowest BCUT2D eigenvalue weighted by atomic mass is 9.88. The lowest BCUT2D eigenvalue weighted by Crippen LogP contribution is -2.16. The Hall–Kier alpha value is -1.60. The Kier molecular flexibility index (Phi) is 2.93. The molecule has 1 heterocycles. The van der Waals surface area contributed by atoms with Gasteiger partial charge < -0.3 is 5.32 Å². The SMILES string of the molecule is c1ccc(C2CCNC2c2ccccc2)cc1. The normalized spacial score (nSPS) is 23.8.